The molecule has 4 aliphatic rings. The molecule has 3 nitrogen and oxygen atoms in total. The summed E-state index contributed by atoms with van der Waals surface area (Å²) in [5.41, 5.74) is 4.84. The molecule has 24 heavy (non-hydrogen) atoms. The fourth-order valence-corrected chi connectivity index (χ4v) is 7.15. The van der Waals surface area contributed by atoms with Gasteiger partial charge < -0.3 is 9.47 Å². The molecule has 0 aromatic rings. The maximum atomic E-state index is 12.9. The van der Waals surface area contributed by atoms with Gasteiger partial charge in [-0.3, -0.25) is 4.79 Å². The molecule has 1 spiro atoms. The minimum Gasteiger partial charge on any atom is -0.348 e. The first-order valence-electron chi connectivity index (χ1n) is 9.31. The van der Waals surface area contributed by atoms with E-state index in [2.05, 4.69) is 26.2 Å². The van der Waals surface area contributed by atoms with Crippen molar-refractivity contribution in [2.45, 2.75) is 64.0 Å². The lowest BCUT2D eigenvalue weighted by Gasteiger charge is -2.38. The quantitative estimate of drug-likeness (QED) is 0.525. The van der Waals surface area contributed by atoms with Crippen LogP contribution in [0.1, 0.15) is 38.5 Å². The first-order chi connectivity index (χ1) is 11.3. The number of fused-ring (bicyclic) bond motifs is 2. The maximum Gasteiger partial charge on any atom is 0.185 e. The van der Waals surface area contributed by atoms with Crippen LogP contribution in [0.4, 0.5) is 0 Å². The third kappa shape index (κ3) is 2.42. The number of ketones is 1. The Kier molecular flexibility index (Phi) is 3.79. The topological polar surface area (TPSA) is 35.5 Å². The van der Waals surface area contributed by atoms with Crippen LogP contribution in [0.25, 0.3) is 0 Å². The van der Waals surface area contributed by atoms with Gasteiger partial charge in [0, 0.05) is 18.4 Å². The predicted octanol–water partition coefficient (Wildman–Crippen LogP) is 4.32. The van der Waals surface area contributed by atoms with E-state index in [1.807, 2.05) is 0 Å². The molecule has 0 amide bonds. The molecule has 2 fully saturated rings. The van der Waals surface area contributed by atoms with Gasteiger partial charge in [-0.1, -0.05) is 31.8 Å². The molecular weight excluding hydrogens is 316 g/mol. The highest BCUT2D eigenvalue weighted by atomic mass is 28.3. The van der Waals surface area contributed by atoms with E-state index in [1.54, 1.807) is 0 Å². The third-order valence-corrected chi connectivity index (χ3v) is 8.12. The molecule has 3 aliphatic carbocycles. The van der Waals surface area contributed by atoms with E-state index in [1.165, 1.54) is 23.1 Å². The molecule has 1 saturated heterocycles. The van der Waals surface area contributed by atoms with Crippen LogP contribution in [-0.4, -0.2) is 32.9 Å². The Hall–Kier alpha value is -0.973. The molecular formula is C20H28O3Si. The average molecular weight is 345 g/mol. The average Bonchev–Trinajstić information content (AvgIpc) is 2.98. The minimum atomic E-state index is -1.66. The molecule has 1 heterocycles. The van der Waals surface area contributed by atoms with Crippen molar-refractivity contribution in [2.24, 2.45) is 5.92 Å². The fourth-order valence-electron chi connectivity index (χ4n) is 5.16. The van der Waals surface area contributed by atoms with Crippen molar-refractivity contribution in [1.82, 2.24) is 0 Å². The van der Waals surface area contributed by atoms with Gasteiger partial charge in [0.2, 0.25) is 0 Å². The number of rotatable bonds is 1. The highest BCUT2D eigenvalue weighted by Gasteiger charge is 2.47. The first-order valence-corrected chi connectivity index (χ1v) is 12.8. The zero-order chi connectivity index (χ0) is 17.1. The summed E-state index contributed by atoms with van der Waals surface area (Å²) < 4.78 is 11.9. The van der Waals surface area contributed by atoms with Crippen molar-refractivity contribution in [1.29, 1.82) is 0 Å². The van der Waals surface area contributed by atoms with Crippen LogP contribution in [-0.2, 0) is 14.3 Å². The van der Waals surface area contributed by atoms with Crippen LogP contribution < -0.4 is 0 Å². The van der Waals surface area contributed by atoms with Gasteiger partial charge in [0.05, 0.1) is 21.3 Å². The third-order valence-electron chi connectivity index (χ3n) is 6.10. The van der Waals surface area contributed by atoms with Crippen molar-refractivity contribution in [3.63, 3.8) is 0 Å². The van der Waals surface area contributed by atoms with Crippen molar-refractivity contribution in [3.8, 4) is 0 Å². The van der Waals surface area contributed by atoms with Crippen molar-refractivity contribution >= 4 is 13.9 Å². The van der Waals surface area contributed by atoms with Gasteiger partial charge in [-0.25, -0.2) is 0 Å². The first kappa shape index (κ1) is 16.5. The van der Waals surface area contributed by atoms with E-state index in [0.717, 1.165) is 56.1 Å². The number of hydrogen-bond acceptors (Lipinski definition) is 3. The second-order valence-electron chi connectivity index (χ2n) is 8.71. The lowest BCUT2D eigenvalue weighted by molar-refractivity contribution is -0.180. The predicted molar refractivity (Wildman–Crippen MR) is 97.4 cm³/mol. The van der Waals surface area contributed by atoms with E-state index in [9.17, 15) is 4.79 Å². The van der Waals surface area contributed by atoms with Gasteiger partial charge in [0.1, 0.15) is 0 Å². The van der Waals surface area contributed by atoms with Gasteiger partial charge in [-0.2, -0.15) is 0 Å². The number of hydrogen-bond donors (Lipinski definition) is 0. The lowest BCUT2D eigenvalue weighted by Crippen LogP contribution is -2.37. The van der Waals surface area contributed by atoms with Crippen LogP contribution in [0.2, 0.25) is 19.6 Å². The molecule has 1 unspecified atom stereocenters. The second-order valence-corrected chi connectivity index (χ2v) is 13.7. The molecule has 1 aliphatic heterocycles. The Bertz CT molecular complexity index is 671. The van der Waals surface area contributed by atoms with Gasteiger partial charge in [-0.05, 0) is 47.9 Å². The molecule has 0 bridgehead atoms. The van der Waals surface area contributed by atoms with E-state index in [4.69, 9.17) is 9.47 Å². The Balaban J connectivity index is 1.79. The van der Waals surface area contributed by atoms with Gasteiger partial charge >= 0.3 is 0 Å². The van der Waals surface area contributed by atoms with Crippen molar-refractivity contribution < 1.29 is 14.3 Å². The van der Waals surface area contributed by atoms with Gasteiger partial charge in [0.25, 0.3) is 0 Å². The molecule has 4 heteroatoms. The van der Waals surface area contributed by atoms with Crippen LogP contribution in [0.5, 0.6) is 0 Å². The number of carbonyl (C=O) groups excluding carboxylic acids is 1. The zero-order valence-corrected chi connectivity index (χ0v) is 16.2. The zero-order valence-electron chi connectivity index (χ0n) is 15.2. The summed E-state index contributed by atoms with van der Waals surface area (Å²) >= 11 is 0. The number of Topliss-reactive ketones (excluding diaryl/α,β-unsaturated/α-hetero) is 1. The Morgan fingerprint density at radius 3 is 2.54 bits per heavy atom. The molecule has 130 valence electrons. The van der Waals surface area contributed by atoms with Gasteiger partial charge in [0.15, 0.2) is 11.6 Å². The Morgan fingerprint density at radius 2 is 1.88 bits per heavy atom. The maximum absolute atomic E-state index is 12.9. The van der Waals surface area contributed by atoms with Crippen molar-refractivity contribution in [2.75, 3.05) is 13.2 Å². The summed E-state index contributed by atoms with van der Waals surface area (Å²) in [6, 6.07) is 0. The van der Waals surface area contributed by atoms with Crippen LogP contribution in [0.3, 0.4) is 0 Å². The highest BCUT2D eigenvalue weighted by Crippen LogP contribution is 2.51. The molecule has 0 N–H and O–H groups in total. The summed E-state index contributed by atoms with van der Waals surface area (Å²) in [6.07, 6.45) is 6.21. The summed E-state index contributed by atoms with van der Waals surface area (Å²) in [4.78, 5) is 12.9. The summed E-state index contributed by atoms with van der Waals surface area (Å²) in [7, 11) is -1.66. The van der Waals surface area contributed by atoms with E-state index in [-0.39, 0.29) is 11.6 Å². The SMILES string of the molecule is C=C1C(=O)C([Si](C)(C)C)=C2CCCC3CC4(CCC3=C12)OCCO4. The Morgan fingerprint density at radius 1 is 1.17 bits per heavy atom. The van der Waals surface area contributed by atoms with Crippen LogP contribution in [0.15, 0.2) is 34.1 Å². The molecule has 1 saturated carbocycles. The van der Waals surface area contributed by atoms with E-state index >= 15 is 0 Å². The summed E-state index contributed by atoms with van der Waals surface area (Å²) in [5.74, 6) is 0.366. The number of allylic oxidation sites excluding steroid dienone is 5. The lowest BCUT2D eigenvalue weighted by atomic mass is 9.76. The highest BCUT2D eigenvalue weighted by molar-refractivity contribution is 6.88. The second kappa shape index (κ2) is 5.51. The van der Waals surface area contributed by atoms with E-state index in [0.29, 0.717) is 5.92 Å². The smallest absolute Gasteiger partial charge is 0.185 e. The summed E-state index contributed by atoms with van der Waals surface area (Å²) in [5, 5.41) is 1.14. The molecule has 0 aromatic carbocycles. The molecule has 0 radical (unpaired) electrons. The number of ether oxygens (including phenoxy) is 2. The van der Waals surface area contributed by atoms with Crippen LogP contribution in [0, 0.1) is 5.92 Å². The van der Waals surface area contributed by atoms with Crippen LogP contribution >= 0.6 is 0 Å². The monoisotopic (exact) mass is 344 g/mol. The number of carbonyl (C=O) groups is 1. The molecule has 4 rings (SSSR count). The minimum absolute atomic E-state index is 0.237. The largest absolute Gasteiger partial charge is 0.348 e. The Labute approximate surface area is 145 Å². The van der Waals surface area contributed by atoms with Crippen molar-refractivity contribution in [3.05, 3.63) is 34.1 Å². The van der Waals surface area contributed by atoms with E-state index < -0.39 is 8.07 Å². The van der Waals surface area contributed by atoms with Gasteiger partial charge in [-0.15, -0.1) is 0 Å². The summed E-state index contributed by atoms with van der Waals surface area (Å²) in [6.45, 7) is 12.5. The molecule has 0 aromatic heterocycles. The fraction of sp³-hybridized carbons (Fsp3) is 0.650. The standard InChI is InChI=1S/C20H28O3Si/c1-13-17-15-8-9-20(22-10-11-23-20)12-14(15)6-5-7-16(17)19(18(13)21)24(2,3)4/h14H,1,5-12H2,2-4H3. The normalized spacial score (nSPS) is 30.0. The molecule has 1 atom stereocenters.